The fraction of sp³-hybridized carbons (Fsp3) is 0.696. The number of rotatable bonds is 5. The summed E-state index contributed by atoms with van der Waals surface area (Å²) in [6, 6.07) is 11.1. The molecule has 2 amide bonds. The minimum Gasteiger partial charge on any atom is -0.334 e. The molecule has 4 bridgehead atoms. The van der Waals surface area contributed by atoms with Gasteiger partial charge >= 0.3 is 6.03 Å². The van der Waals surface area contributed by atoms with Crippen molar-refractivity contribution in [3.8, 4) is 0 Å². The van der Waals surface area contributed by atoms with Gasteiger partial charge in [-0.3, -0.25) is 0 Å². The average molecular weight is 368 g/mol. The molecule has 1 atom stereocenters. The third kappa shape index (κ3) is 3.87. The molecule has 0 unspecified atom stereocenters. The van der Waals surface area contributed by atoms with Crippen LogP contribution in [0, 0.1) is 17.8 Å². The molecule has 0 radical (unpaired) electrons. The lowest BCUT2D eigenvalue weighted by Crippen LogP contribution is -2.62. The summed E-state index contributed by atoms with van der Waals surface area (Å²) in [5.41, 5.74) is 1.51. The summed E-state index contributed by atoms with van der Waals surface area (Å²) in [4.78, 5) is 15.2. The van der Waals surface area contributed by atoms with Crippen LogP contribution in [0.2, 0.25) is 0 Å². The molecule has 6 rings (SSSR count). The van der Waals surface area contributed by atoms with Gasteiger partial charge in [0.1, 0.15) is 0 Å². The molecule has 27 heavy (non-hydrogen) atoms. The van der Waals surface area contributed by atoms with E-state index in [1.165, 1.54) is 44.1 Å². The highest BCUT2D eigenvalue weighted by molar-refractivity contribution is 5.75. The van der Waals surface area contributed by atoms with Crippen LogP contribution in [0.1, 0.15) is 50.5 Å². The molecule has 4 aliphatic carbocycles. The fourth-order valence-electron chi connectivity index (χ4n) is 6.81. The highest BCUT2D eigenvalue weighted by atomic mass is 16.2. The molecule has 1 saturated heterocycles. The van der Waals surface area contributed by atoms with Crippen molar-refractivity contribution in [3.63, 3.8) is 0 Å². The van der Waals surface area contributed by atoms with Gasteiger partial charge in [-0.15, -0.1) is 0 Å². The molecule has 5 aliphatic rings. The molecule has 5 fully saturated rings. The Bertz CT molecular complexity index is 638. The SMILES string of the molecule is O=C(N[C@H]1CCN(CCc2ccccc2)C1)NC12CC3CC(CC(C3)C1)C2. The maximum Gasteiger partial charge on any atom is 0.315 e. The lowest BCUT2D eigenvalue weighted by atomic mass is 9.53. The van der Waals surface area contributed by atoms with E-state index < -0.39 is 0 Å². The second-order valence-electron chi connectivity index (χ2n) is 9.82. The van der Waals surface area contributed by atoms with E-state index in [2.05, 4.69) is 45.9 Å². The molecule has 1 heterocycles. The number of carbonyl (C=O) groups excluding carboxylic acids is 1. The van der Waals surface area contributed by atoms with Crippen molar-refractivity contribution in [2.75, 3.05) is 19.6 Å². The fourth-order valence-corrected chi connectivity index (χ4v) is 6.81. The molecule has 1 aromatic rings. The molecule has 0 aromatic heterocycles. The van der Waals surface area contributed by atoms with E-state index in [9.17, 15) is 4.79 Å². The van der Waals surface area contributed by atoms with E-state index >= 15 is 0 Å². The third-order valence-electron chi connectivity index (χ3n) is 7.58. The van der Waals surface area contributed by atoms with Gasteiger partial charge in [-0.05, 0) is 74.7 Å². The number of carbonyl (C=O) groups is 1. The molecule has 4 saturated carbocycles. The van der Waals surface area contributed by atoms with Crippen molar-refractivity contribution < 1.29 is 4.79 Å². The molecule has 4 nitrogen and oxygen atoms in total. The van der Waals surface area contributed by atoms with E-state index in [1.807, 2.05) is 0 Å². The van der Waals surface area contributed by atoms with Crippen molar-refractivity contribution in [1.29, 1.82) is 0 Å². The Morgan fingerprint density at radius 2 is 1.70 bits per heavy atom. The number of amides is 2. The van der Waals surface area contributed by atoms with Gasteiger partial charge in [-0.25, -0.2) is 4.79 Å². The Morgan fingerprint density at radius 3 is 2.37 bits per heavy atom. The summed E-state index contributed by atoms with van der Waals surface area (Å²) < 4.78 is 0. The number of nitrogens with one attached hydrogen (secondary N) is 2. The van der Waals surface area contributed by atoms with Crippen molar-refractivity contribution in [2.24, 2.45) is 17.8 Å². The largest absolute Gasteiger partial charge is 0.334 e. The lowest BCUT2D eigenvalue weighted by molar-refractivity contribution is -0.0136. The van der Waals surface area contributed by atoms with Crippen LogP contribution in [-0.2, 0) is 6.42 Å². The maximum absolute atomic E-state index is 12.7. The smallest absolute Gasteiger partial charge is 0.315 e. The molecule has 2 N–H and O–H groups in total. The highest BCUT2D eigenvalue weighted by Gasteiger charge is 2.51. The van der Waals surface area contributed by atoms with Crippen molar-refractivity contribution in [1.82, 2.24) is 15.5 Å². The number of likely N-dealkylation sites (tertiary alicyclic amines) is 1. The Balaban J connectivity index is 1.09. The minimum atomic E-state index is 0.0897. The average Bonchev–Trinajstić information content (AvgIpc) is 3.06. The molecule has 146 valence electrons. The van der Waals surface area contributed by atoms with E-state index in [0.717, 1.165) is 50.2 Å². The number of benzene rings is 1. The molecule has 0 spiro atoms. The Hall–Kier alpha value is -1.55. The predicted molar refractivity (Wildman–Crippen MR) is 108 cm³/mol. The summed E-state index contributed by atoms with van der Waals surface area (Å²) in [5, 5.41) is 6.75. The number of hydrogen-bond acceptors (Lipinski definition) is 2. The van der Waals surface area contributed by atoms with E-state index in [1.54, 1.807) is 0 Å². The summed E-state index contributed by atoms with van der Waals surface area (Å²) in [6.07, 6.45) is 10.1. The van der Waals surface area contributed by atoms with Crippen molar-refractivity contribution in [3.05, 3.63) is 35.9 Å². The summed E-state index contributed by atoms with van der Waals surface area (Å²) in [5.74, 6) is 2.62. The number of urea groups is 1. The monoisotopic (exact) mass is 367 g/mol. The van der Waals surface area contributed by atoms with Gasteiger partial charge in [0.25, 0.3) is 0 Å². The Labute approximate surface area is 163 Å². The van der Waals surface area contributed by atoms with Gasteiger partial charge in [0.2, 0.25) is 0 Å². The maximum atomic E-state index is 12.7. The van der Waals surface area contributed by atoms with E-state index in [-0.39, 0.29) is 11.6 Å². The first-order valence-corrected chi connectivity index (χ1v) is 11.0. The standard InChI is InChI=1S/C23H33N3O/c27-22(25-23-13-18-10-19(14-23)12-20(11-18)15-23)24-21-7-9-26(16-21)8-6-17-4-2-1-3-5-17/h1-5,18-21H,6-16H2,(H2,24,25,27)/t18?,19?,20?,21-,23?/m0/s1. The van der Waals surface area contributed by atoms with Crippen LogP contribution in [-0.4, -0.2) is 42.1 Å². The van der Waals surface area contributed by atoms with Gasteiger partial charge in [0.05, 0.1) is 0 Å². The molecular weight excluding hydrogens is 334 g/mol. The molecule has 1 aliphatic heterocycles. The molecule has 4 heteroatoms. The van der Waals surface area contributed by atoms with Gasteiger partial charge < -0.3 is 15.5 Å². The number of hydrogen-bond donors (Lipinski definition) is 2. The van der Waals surface area contributed by atoms with E-state index in [0.29, 0.717) is 6.04 Å². The first-order chi connectivity index (χ1) is 13.2. The van der Waals surface area contributed by atoms with Crippen LogP contribution in [0.15, 0.2) is 30.3 Å². The quantitative estimate of drug-likeness (QED) is 0.836. The first-order valence-electron chi connectivity index (χ1n) is 11.0. The van der Waals surface area contributed by atoms with Gasteiger partial charge in [0.15, 0.2) is 0 Å². The normalized spacial score (nSPS) is 37.5. The minimum absolute atomic E-state index is 0.0897. The topological polar surface area (TPSA) is 44.4 Å². The van der Waals surface area contributed by atoms with Crippen LogP contribution in [0.3, 0.4) is 0 Å². The van der Waals surface area contributed by atoms with Crippen LogP contribution < -0.4 is 10.6 Å². The Morgan fingerprint density at radius 1 is 1.04 bits per heavy atom. The molecular formula is C23H33N3O. The second-order valence-corrected chi connectivity index (χ2v) is 9.82. The van der Waals surface area contributed by atoms with E-state index in [4.69, 9.17) is 0 Å². The van der Waals surface area contributed by atoms with Crippen LogP contribution in [0.4, 0.5) is 4.79 Å². The van der Waals surface area contributed by atoms with Crippen LogP contribution in [0.5, 0.6) is 0 Å². The molecule has 1 aromatic carbocycles. The highest BCUT2D eigenvalue weighted by Crippen LogP contribution is 2.55. The second kappa shape index (κ2) is 7.12. The van der Waals surface area contributed by atoms with Crippen LogP contribution in [0.25, 0.3) is 0 Å². The summed E-state index contributed by atoms with van der Waals surface area (Å²) >= 11 is 0. The summed E-state index contributed by atoms with van der Waals surface area (Å²) in [7, 11) is 0. The first kappa shape index (κ1) is 17.5. The van der Waals surface area contributed by atoms with Crippen molar-refractivity contribution >= 4 is 6.03 Å². The van der Waals surface area contributed by atoms with Gasteiger partial charge in [-0.1, -0.05) is 30.3 Å². The van der Waals surface area contributed by atoms with Crippen LogP contribution >= 0.6 is 0 Å². The summed E-state index contributed by atoms with van der Waals surface area (Å²) in [6.45, 7) is 3.16. The van der Waals surface area contributed by atoms with Gasteiger partial charge in [-0.2, -0.15) is 0 Å². The lowest BCUT2D eigenvalue weighted by Gasteiger charge is -2.56. The zero-order valence-corrected chi connectivity index (χ0v) is 16.3. The zero-order chi connectivity index (χ0) is 18.3. The predicted octanol–water partition coefficient (Wildman–Crippen LogP) is 3.57. The van der Waals surface area contributed by atoms with Gasteiger partial charge in [0, 0.05) is 31.2 Å². The Kier molecular flexibility index (Phi) is 4.63. The van der Waals surface area contributed by atoms with Crippen molar-refractivity contribution in [2.45, 2.75) is 62.9 Å². The number of nitrogens with zero attached hydrogens (tertiary/aromatic N) is 1. The zero-order valence-electron chi connectivity index (χ0n) is 16.3. The third-order valence-corrected chi connectivity index (χ3v) is 7.58.